The second kappa shape index (κ2) is 6.23. The number of allylic oxidation sites excluding steroid dienone is 4. The van der Waals surface area contributed by atoms with Crippen molar-refractivity contribution in [1.82, 2.24) is 0 Å². The van der Waals surface area contributed by atoms with Crippen LogP contribution in [0, 0.1) is 0 Å². The molecule has 0 radical (unpaired) electrons. The second-order valence-corrected chi connectivity index (χ2v) is 3.27. The third kappa shape index (κ3) is 4.30. The van der Waals surface area contributed by atoms with Crippen molar-refractivity contribution in [3.8, 4) is 0 Å². The predicted octanol–water partition coefficient (Wildman–Crippen LogP) is 3.80. The van der Waals surface area contributed by atoms with Crippen LogP contribution in [0.5, 0.6) is 0 Å². The van der Waals surface area contributed by atoms with Crippen LogP contribution in [-0.2, 0) is 19.5 Å². The summed E-state index contributed by atoms with van der Waals surface area (Å²) in [6.45, 7) is 0. The third-order valence-corrected chi connectivity index (χ3v) is 2.45. The Morgan fingerprint density at radius 1 is 0.909 bits per heavy atom. The summed E-state index contributed by atoms with van der Waals surface area (Å²) in [7, 11) is 0. The van der Waals surface area contributed by atoms with Gasteiger partial charge in [0.1, 0.15) is 0 Å². The van der Waals surface area contributed by atoms with Gasteiger partial charge in [0.15, 0.2) is 0 Å². The Kier molecular flexibility index (Phi) is 6.61. The molecule has 0 heterocycles. The van der Waals surface area contributed by atoms with Crippen molar-refractivity contribution < 1.29 is 19.5 Å². The predicted molar refractivity (Wildman–Crippen MR) is 46.3 cm³/mol. The maximum atomic E-state index is 5.86. The number of hydrogen-bond donors (Lipinski definition) is 0. The second-order valence-electron chi connectivity index (χ2n) is 2.36. The van der Waals surface area contributed by atoms with Crippen molar-refractivity contribution in [3.63, 3.8) is 0 Å². The van der Waals surface area contributed by atoms with Crippen molar-refractivity contribution in [2.24, 2.45) is 0 Å². The first-order valence-corrected chi connectivity index (χ1v) is 4.24. The van der Waals surface area contributed by atoms with Gasteiger partial charge in [0.25, 0.3) is 0 Å². The van der Waals surface area contributed by atoms with E-state index in [9.17, 15) is 0 Å². The van der Waals surface area contributed by atoms with Gasteiger partial charge in [-0.2, -0.15) is 0 Å². The third-order valence-electron chi connectivity index (χ3n) is 1.52. The Morgan fingerprint density at radius 3 is 1.64 bits per heavy atom. The van der Waals surface area contributed by atoms with E-state index < -0.39 is 0 Å². The van der Waals surface area contributed by atoms with Crippen LogP contribution in [0.1, 0.15) is 25.7 Å². The quantitative estimate of drug-likeness (QED) is 0.467. The van der Waals surface area contributed by atoms with E-state index in [1.807, 2.05) is 0 Å². The summed E-state index contributed by atoms with van der Waals surface area (Å²) < 4.78 is 0. The smallest absolute Gasteiger partial charge is 0.0329 e. The fourth-order valence-corrected chi connectivity index (χ4v) is 1.33. The van der Waals surface area contributed by atoms with Gasteiger partial charge in [-0.25, -0.2) is 0 Å². The van der Waals surface area contributed by atoms with Gasteiger partial charge in [-0.1, -0.05) is 35.4 Å². The maximum Gasteiger partial charge on any atom is 0.0329 e. The first-order chi connectivity index (χ1) is 4.80. The molecule has 0 atom stereocenters. The molecule has 1 rings (SSSR count). The summed E-state index contributed by atoms with van der Waals surface area (Å²) >= 11 is 11.7. The molecule has 0 nitrogen and oxygen atoms in total. The molecule has 0 amide bonds. The van der Waals surface area contributed by atoms with Gasteiger partial charge in [0.2, 0.25) is 0 Å². The zero-order valence-electron chi connectivity index (χ0n) is 6.09. The molecular formula is C8H10Cl2Ru. The van der Waals surface area contributed by atoms with Crippen molar-refractivity contribution >= 4 is 23.2 Å². The first-order valence-electron chi connectivity index (χ1n) is 3.48. The number of halogens is 2. The molecule has 1 aliphatic rings. The summed E-state index contributed by atoms with van der Waals surface area (Å²) in [4.78, 5) is 0. The molecule has 11 heavy (non-hydrogen) atoms. The molecule has 1 aliphatic carbocycles. The van der Waals surface area contributed by atoms with Crippen LogP contribution in [0.4, 0.5) is 0 Å². The van der Waals surface area contributed by atoms with Gasteiger partial charge < -0.3 is 0 Å². The van der Waals surface area contributed by atoms with Crippen LogP contribution < -0.4 is 0 Å². The number of hydrogen-bond acceptors (Lipinski definition) is 0. The van der Waals surface area contributed by atoms with Crippen LogP contribution in [0.15, 0.2) is 22.2 Å². The van der Waals surface area contributed by atoms with E-state index in [0.29, 0.717) is 0 Å². The fourth-order valence-electron chi connectivity index (χ4n) is 0.927. The fraction of sp³-hybridized carbons (Fsp3) is 0.500. The van der Waals surface area contributed by atoms with E-state index in [-0.39, 0.29) is 19.5 Å². The van der Waals surface area contributed by atoms with E-state index in [4.69, 9.17) is 23.2 Å². The van der Waals surface area contributed by atoms with Gasteiger partial charge in [0, 0.05) is 29.5 Å². The van der Waals surface area contributed by atoms with Crippen molar-refractivity contribution in [2.45, 2.75) is 25.7 Å². The SMILES string of the molecule is Cl/C1=C(\Cl)CC/C=C\CC1.[Ru]. The molecule has 0 saturated heterocycles. The summed E-state index contributed by atoms with van der Waals surface area (Å²) in [5.74, 6) is 0. The van der Waals surface area contributed by atoms with Gasteiger partial charge in [0.05, 0.1) is 0 Å². The van der Waals surface area contributed by atoms with Crippen LogP contribution in [-0.4, -0.2) is 0 Å². The van der Waals surface area contributed by atoms with E-state index in [1.165, 1.54) is 0 Å². The average molecular weight is 278 g/mol. The molecule has 0 unspecified atom stereocenters. The van der Waals surface area contributed by atoms with E-state index in [1.54, 1.807) is 0 Å². The molecule has 0 saturated carbocycles. The van der Waals surface area contributed by atoms with Gasteiger partial charge in [-0.3, -0.25) is 0 Å². The average Bonchev–Trinajstić information content (AvgIpc) is 1.92. The molecule has 0 aromatic carbocycles. The summed E-state index contributed by atoms with van der Waals surface area (Å²) in [6, 6.07) is 0. The Balaban J connectivity index is 0.000001000. The minimum absolute atomic E-state index is 0. The standard InChI is InChI=1S/C8H10Cl2.Ru/c9-7-5-3-1-2-4-6-8(7)10;/h1-2H,3-6H2;/b2-1-,8-7-;. The van der Waals surface area contributed by atoms with Crippen LogP contribution in [0.25, 0.3) is 0 Å². The van der Waals surface area contributed by atoms with Crippen molar-refractivity contribution in [1.29, 1.82) is 0 Å². The molecule has 0 bridgehead atoms. The van der Waals surface area contributed by atoms with E-state index >= 15 is 0 Å². The van der Waals surface area contributed by atoms with Gasteiger partial charge in [-0.05, 0) is 25.7 Å². The topological polar surface area (TPSA) is 0 Å². The molecule has 3 heteroatoms. The van der Waals surface area contributed by atoms with Crippen LogP contribution in [0.2, 0.25) is 0 Å². The van der Waals surface area contributed by atoms with E-state index in [2.05, 4.69) is 12.2 Å². The Morgan fingerprint density at radius 2 is 1.27 bits per heavy atom. The first kappa shape index (κ1) is 11.7. The number of rotatable bonds is 0. The Bertz CT molecular complexity index is 155. The molecule has 0 spiro atoms. The van der Waals surface area contributed by atoms with Gasteiger partial charge >= 0.3 is 0 Å². The zero-order valence-corrected chi connectivity index (χ0v) is 9.34. The molecule has 64 valence electrons. The molecule has 0 N–H and O–H groups in total. The van der Waals surface area contributed by atoms with Crippen LogP contribution in [0.3, 0.4) is 0 Å². The summed E-state index contributed by atoms with van der Waals surface area (Å²) in [6.07, 6.45) is 8.16. The Labute approximate surface area is 90.4 Å². The molecule has 0 aliphatic heterocycles. The zero-order chi connectivity index (χ0) is 7.40. The largest absolute Gasteiger partial charge is 0.0882 e. The molecular weight excluding hydrogens is 268 g/mol. The van der Waals surface area contributed by atoms with Crippen molar-refractivity contribution in [3.05, 3.63) is 22.2 Å². The van der Waals surface area contributed by atoms with Crippen molar-refractivity contribution in [2.75, 3.05) is 0 Å². The minimum Gasteiger partial charge on any atom is -0.0882 e. The summed E-state index contributed by atoms with van der Waals surface area (Å²) in [5.41, 5.74) is 0. The minimum atomic E-state index is 0. The summed E-state index contributed by atoms with van der Waals surface area (Å²) in [5, 5.41) is 1.68. The maximum absolute atomic E-state index is 5.86. The van der Waals surface area contributed by atoms with Crippen LogP contribution >= 0.6 is 23.2 Å². The Hall–Kier alpha value is 0.683. The molecule has 0 fully saturated rings. The monoisotopic (exact) mass is 278 g/mol. The molecule has 0 aromatic heterocycles. The van der Waals surface area contributed by atoms with E-state index in [0.717, 1.165) is 35.7 Å². The normalized spacial score (nSPS) is 28.2. The molecule has 0 aromatic rings. The van der Waals surface area contributed by atoms with Gasteiger partial charge in [-0.15, -0.1) is 0 Å².